The number of nitrogens with one attached hydrogen (secondary N) is 1. The van der Waals surface area contributed by atoms with E-state index in [1.165, 1.54) is 28.6 Å². The Bertz CT molecular complexity index is 1470. The molecule has 0 aliphatic carbocycles. The summed E-state index contributed by atoms with van der Waals surface area (Å²) in [5.41, 5.74) is 5.29. The number of amides is 1. The van der Waals surface area contributed by atoms with Crippen LogP contribution in [0.1, 0.15) is 25.5 Å². The van der Waals surface area contributed by atoms with E-state index < -0.39 is 17.2 Å². The zero-order valence-electron chi connectivity index (χ0n) is 19.2. The third kappa shape index (κ3) is 4.67. The number of aromatic amines is 1. The Morgan fingerprint density at radius 3 is 2.66 bits per heavy atom. The maximum atomic E-state index is 13.8. The SMILES string of the molecule is CCCCn1c(N)c(N(C)C(=O)/C(=C/c2ccco2)n2nnnc2-c2ccccc2)c(=O)[nH]c1=O. The van der Waals surface area contributed by atoms with Crippen molar-refractivity contribution >= 4 is 29.2 Å². The number of tetrazole rings is 1. The maximum absolute atomic E-state index is 13.8. The lowest BCUT2D eigenvalue weighted by Crippen LogP contribution is -2.40. The van der Waals surface area contributed by atoms with Gasteiger partial charge in [-0.3, -0.25) is 19.1 Å². The summed E-state index contributed by atoms with van der Waals surface area (Å²) in [6, 6.07) is 12.4. The fourth-order valence-electron chi connectivity index (χ4n) is 3.55. The molecule has 3 aromatic heterocycles. The molecule has 4 aromatic rings. The van der Waals surface area contributed by atoms with Crippen molar-refractivity contribution in [2.75, 3.05) is 17.7 Å². The number of hydrogen-bond acceptors (Lipinski definition) is 8. The van der Waals surface area contributed by atoms with Gasteiger partial charge in [0.05, 0.1) is 6.26 Å². The second-order valence-corrected chi connectivity index (χ2v) is 7.69. The van der Waals surface area contributed by atoms with Crippen LogP contribution in [-0.4, -0.2) is 42.7 Å². The van der Waals surface area contributed by atoms with Gasteiger partial charge in [0.2, 0.25) is 0 Å². The number of carbonyl (C=O) groups excluding carboxylic acids is 1. The fraction of sp³-hybridized carbons (Fsp3) is 0.217. The summed E-state index contributed by atoms with van der Waals surface area (Å²) in [5, 5.41) is 11.8. The molecular formula is C23H24N8O4. The molecule has 0 saturated carbocycles. The summed E-state index contributed by atoms with van der Waals surface area (Å²) in [7, 11) is 1.39. The van der Waals surface area contributed by atoms with E-state index in [4.69, 9.17) is 10.2 Å². The zero-order valence-corrected chi connectivity index (χ0v) is 19.2. The Labute approximate surface area is 199 Å². The average Bonchev–Trinajstić information content (AvgIpc) is 3.54. The molecule has 35 heavy (non-hydrogen) atoms. The molecule has 0 fully saturated rings. The highest BCUT2D eigenvalue weighted by molar-refractivity contribution is 6.25. The normalized spacial score (nSPS) is 11.5. The monoisotopic (exact) mass is 476 g/mol. The van der Waals surface area contributed by atoms with Crippen LogP contribution in [0.2, 0.25) is 0 Å². The van der Waals surface area contributed by atoms with Crippen LogP contribution in [0.25, 0.3) is 23.2 Å². The van der Waals surface area contributed by atoms with Crippen molar-refractivity contribution in [3.05, 3.63) is 75.3 Å². The van der Waals surface area contributed by atoms with E-state index in [9.17, 15) is 14.4 Å². The molecular weight excluding hydrogens is 452 g/mol. The van der Waals surface area contributed by atoms with Gasteiger partial charge in [0.1, 0.15) is 17.3 Å². The lowest BCUT2D eigenvalue weighted by Gasteiger charge is -2.21. The van der Waals surface area contributed by atoms with Gasteiger partial charge in [0, 0.05) is 25.2 Å². The van der Waals surface area contributed by atoms with Gasteiger partial charge in [-0.1, -0.05) is 43.7 Å². The molecule has 3 N–H and O–H groups in total. The predicted molar refractivity (Wildman–Crippen MR) is 130 cm³/mol. The Hall–Kier alpha value is -4.74. The minimum absolute atomic E-state index is 0.00332. The van der Waals surface area contributed by atoms with Crippen molar-refractivity contribution < 1.29 is 9.21 Å². The van der Waals surface area contributed by atoms with Crippen molar-refractivity contribution in [3.8, 4) is 11.4 Å². The molecule has 3 heterocycles. The van der Waals surface area contributed by atoms with Gasteiger partial charge in [-0.15, -0.1) is 5.10 Å². The number of H-pyrrole nitrogens is 1. The van der Waals surface area contributed by atoms with Gasteiger partial charge in [0.25, 0.3) is 11.5 Å². The van der Waals surface area contributed by atoms with Crippen LogP contribution in [0.3, 0.4) is 0 Å². The van der Waals surface area contributed by atoms with Crippen LogP contribution >= 0.6 is 0 Å². The van der Waals surface area contributed by atoms with Gasteiger partial charge < -0.3 is 15.1 Å². The molecule has 1 amide bonds. The molecule has 0 spiro atoms. The molecule has 12 heteroatoms. The van der Waals surface area contributed by atoms with Crippen LogP contribution < -0.4 is 21.9 Å². The molecule has 0 saturated heterocycles. The van der Waals surface area contributed by atoms with Crippen molar-refractivity contribution in [1.29, 1.82) is 0 Å². The van der Waals surface area contributed by atoms with Crippen LogP contribution in [0.15, 0.2) is 62.7 Å². The molecule has 4 rings (SSSR count). The van der Waals surface area contributed by atoms with E-state index in [1.54, 1.807) is 24.3 Å². The van der Waals surface area contributed by atoms with Gasteiger partial charge in [-0.05, 0) is 29.0 Å². The molecule has 0 aliphatic rings. The second-order valence-electron chi connectivity index (χ2n) is 7.69. The number of anilines is 2. The summed E-state index contributed by atoms with van der Waals surface area (Å²) >= 11 is 0. The number of carbonyl (C=O) groups is 1. The largest absolute Gasteiger partial charge is 0.465 e. The first kappa shape index (κ1) is 23.4. The number of rotatable bonds is 8. The fourth-order valence-corrected chi connectivity index (χ4v) is 3.55. The Balaban J connectivity index is 1.83. The minimum atomic E-state index is -0.784. The molecule has 1 aromatic carbocycles. The standard InChI is InChI=1S/C23H24N8O4/c1-3-4-12-30-19(24)18(21(32)25-23(30)34)29(2)22(33)17(14-16-11-8-13-35-16)31-20(26-27-28-31)15-9-6-5-7-10-15/h5-11,13-14H,3-4,12,24H2,1-2H3,(H,25,32,34)/b17-14-. The molecule has 0 bridgehead atoms. The van der Waals surface area contributed by atoms with Crippen molar-refractivity contribution in [3.63, 3.8) is 0 Å². The van der Waals surface area contributed by atoms with Crippen LogP contribution in [0.5, 0.6) is 0 Å². The molecule has 12 nitrogen and oxygen atoms in total. The van der Waals surface area contributed by atoms with E-state index in [-0.39, 0.29) is 17.2 Å². The van der Waals surface area contributed by atoms with Crippen LogP contribution in [-0.2, 0) is 11.3 Å². The number of nitrogens with two attached hydrogens (primary N) is 1. The Kier molecular flexibility index (Phi) is 6.71. The van der Waals surface area contributed by atoms with E-state index in [0.29, 0.717) is 30.1 Å². The third-order valence-electron chi connectivity index (χ3n) is 5.36. The lowest BCUT2D eigenvalue weighted by atomic mass is 10.2. The number of furan rings is 1. The van der Waals surface area contributed by atoms with E-state index in [0.717, 1.165) is 11.3 Å². The van der Waals surface area contributed by atoms with Crippen LogP contribution in [0.4, 0.5) is 11.5 Å². The second kappa shape index (κ2) is 10.0. The number of unbranched alkanes of at least 4 members (excludes halogenated alkanes) is 1. The first-order chi connectivity index (χ1) is 16.9. The van der Waals surface area contributed by atoms with Crippen LogP contribution in [0, 0.1) is 0 Å². The van der Waals surface area contributed by atoms with E-state index >= 15 is 0 Å². The number of nitrogens with zero attached hydrogens (tertiary/aromatic N) is 6. The van der Waals surface area contributed by atoms with Gasteiger partial charge in [-0.25, -0.2) is 4.79 Å². The maximum Gasteiger partial charge on any atom is 0.330 e. The van der Waals surface area contributed by atoms with E-state index in [2.05, 4.69) is 20.5 Å². The highest BCUT2D eigenvalue weighted by atomic mass is 16.3. The highest BCUT2D eigenvalue weighted by Crippen LogP contribution is 2.24. The highest BCUT2D eigenvalue weighted by Gasteiger charge is 2.27. The number of aromatic nitrogens is 6. The smallest absolute Gasteiger partial charge is 0.330 e. The van der Waals surface area contributed by atoms with Crippen molar-refractivity contribution in [2.24, 2.45) is 0 Å². The summed E-state index contributed by atoms with van der Waals surface area (Å²) < 4.78 is 7.90. The topological polar surface area (TPSA) is 158 Å². The summed E-state index contributed by atoms with van der Waals surface area (Å²) in [5.74, 6) is -0.0878. The summed E-state index contributed by atoms with van der Waals surface area (Å²) in [4.78, 5) is 42.1. The molecule has 0 radical (unpaired) electrons. The summed E-state index contributed by atoms with van der Waals surface area (Å²) in [6.07, 6.45) is 4.40. The number of hydrogen-bond donors (Lipinski definition) is 2. The van der Waals surface area contributed by atoms with Crippen molar-refractivity contribution in [1.82, 2.24) is 29.8 Å². The first-order valence-corrected chi connectivity index (χ1v) is 10.9. The average molecular weight is 476 g/mol. The van der Waals surface area contributed by atoms with Gasteiger partial charge in [-0.2, -0.15) is 4.68 Å². The van der Waals surface area contributed by atoms with Gasteiger partial charge in [0.15, 0.2) is 11.5 Å². The number of benzene rings is 1. The van der Waals surface area contributed by atoms with E-state index in [1.807, 2.05) is 25.1 Å². The zero-order chi connectivity index (χ0) is 24.9. The summed E-state index contributed by atoms with van der Waals surface area (Å²) in [6.45, 7) is 2.26. The van der Waals surface area contributed by atoms with Gasteiger partial charge >= 0.3 is 5.69 Å². The predicted octanol–water partition coefficient (Wildman–Crippen LogP) is 1.83. The molecule has 180 valence electrons. The Morgan fingerprint density at radius 2 is 1.97 bits per heavy atom. The number of likely N-dealkylation sites (N-methyl/N-ethyl adjacent to an activating group) is 1. The molecule has 0 atom stereocenters. The third-order valence-corrected chi connectivity index (χ3v) is 5.36. The minimum Gasteiger partial charge on any atom is -0.465 e. The Morgan fingerprint density at radius 1 is 1.20 bits per heavy atom. The molecule has 0 unspecified atom stereocenters. The van der Waals surface area contributed by atoms with Crippen molar-refractivity contribution in [2.45, 2.75) is 26.3 Å². The molecule has 0 aliphatic heterocycles. The number of nitrogen functional groups attached to an aromatic ring is 1. The lowest BCUT2D eigenvalue weighted by molar-refractivity contribution is -0.113. The first-order valence-electron chi connectivity index (χ1n) is 10.9. The quantitative estimate of drug-likeness (QED) is 0.365.